The average molecular weight is 266 g/mol. The van der Waals surface area contributed by atoms with E-state index < -0.39 is 11.7 Å². The maximum Gasteiger partial charge on any atom is 0.254 e. The molecule has 3 nitrogen and oxygen atoms in total. The summed E-state index contributed by atoms with van der Waals surface area (Å²) in [6.07, 6.45) is 0. The predicted octanol–water partition coefficient (Wildman–Crippen LogP) is 3.13. The molecule has 0 aliphatic heterocycles. The fourth-order valence-electron chi connectivity index (χ4n) is 1.61. The molecule has 0 aliphatic carbocycles. The van der Waals surface area contributed by atoms with Crippen LogP contribution in [0.1, 0.15) is 43.6 Å². The number of carbonyl (C=O) groups excluding carboxylic acids is 1. The molecule has 106 valence electrons. The molecule has 1 atom stereocenters. The van der Waals surface area contributed by atoms with Gasteiger partial charge in [0, 0.05) is 12.2 Å². The van der Waals surface area contributed by atoms with E-state index in [1.165, 1.54) is 12.1 Å². The largest absolute Gasteiger partial charge is 0.399 e. The number of rotatable bonds is 3. The summed E-state index contributed by atoms with van der Waals surface area (Å²) >= 11 is 0. The summed E-state index contributed by atoms with van der Waals surface area (Å²) in [5, 5.41) is 2.77. The molecule has 1 rings (SSSR count). The summed E-state index contributed by atoms with van der Waals surface area (Å²) in [4.78, 5) is 12.0. The Morgan fingerprint density at radius 2 is 2.00 bits per heavy atom. The van der Waals surface area contributed by atoms with Gasteiger partial charge < -0.3 is 11.1 Å². The maximum atomic E-state index is 13.9. The Balaban J connectivity index is 2.80. The highest BCUT2D eigenvalue weighted by atomic mass is 19.1. The second-order valence-electron chi connectivity index (χ2n) is 6.18. The van der Waals surface area contributed by atoms with Crippen molar-refractivity contribution in [1.29, 1.82) is 0 Å². The molecule has 0 radical (unpaired) electrons. The molecule has 0 saturated carbocycles. The molecule has 0 bridgehead atoms. The van der Waals surface area contributed by atoms with E-state index in [1.54, 1.807) is 6.92 Å². The fourth-order valence-corrected chi connectivity index (χ4v) is 1.61. The zero-order chi connectivity index (χ0) is 14.8. The number of hydrogen-bond donors (Lipinski definition) is 2. The van der Waals surface area contributed by atoms with Gasteiger partial charge in [0.2, 0.25) is 0 Å². The van der Waals surface area contributed by atoms with Gasteiger partial charge in [-0.3, -0.25) is 4.79 Å². The third-order valence-corrected chi connectivity index (χ3v) is 3.57. The predicted molar refractivity (Wildman–Crippen MR) is 76.5 cm³/mol. The lowest BCUT2D eigenvalue weighted by atomic mass is 9.82. The number of halogens is 1. The monoisotopic (exact) mass is 266 g/mol. The van der Waals surface area contributed by atoms with Crippen molar-refractivity contribution in [3.63, 3.8) is 0 Å². The summed E-state index contributed by atoms with van der Waals surface area (Å²) in [6, 6.07) is 2.89. The second kappa shape index (κ2) is 5.59. The highest BCUT2D eigenvalue weighted by molar-refractivity contribution is 5.95. The lowest BCUT2D eigenvalue weighted by Gasteiger charge is -2.27. The highest BCUT2D eigenvalue weighted by Gasteiger charge is 2.21. The maximum absolute atomic E-state index is 13.9. The van der Waals surface area contributed by atoms with Crippen LogP contribution in [0.5, 0.6) is 0 Å². The second-order valence-corrected chi connectivity index (χ2v) is 6.18. The Morgan fingerprint density at radius 3 is 2.53 bits per heavy atom. The van der Waals surface area contributed by atoms with Crippen LogP contribution in [-0.4, -0.2) is 12.5 Å². The van der Waals surface area contributed by atoms with Crippen LogP contribution < -0.4 is 11.1 Å². The molecule has 1 unspecified atom stereocenters. The standard InChI is InChI=1S/C15H23FN2O/c1-9-6-11(17)7-12(13(9)16)14(19)18-8-10(2)15(3,4)5/h6-7,10H,8,17H2,1-5H3,(H,18,19). The minimum absolute atomic E-state index is 0.0126. The summed E-state index contributed by atoms with van der Waals surface area (Å²) in [5.41, 5.74) is 6.53. The van der Waals surface area contributed by atoms with Crippen LogP contribution in [0.15, 0.2) is 12.1 Å². The van der Waals surface area contributed by atoms with Crippen LogP contribution in [0.4, 0.5) is 10.1 Å². The van der Waals surface area contributed by atoms with Crippen molar-refractivity contribution < 1.29 is 9.18 Å². The van der Waals surface area contributed by atoms with E-state index in [0.717, 1.165) is 0 Å². The Bertz CT molecular complexity index is 478. The molecule has 4 heteroatoms. The van der Waals surface area contributed by atoms with E-state index >= 15 is 0 Å². The molecule has 19 heavy (non-hydrogen) atoms. The number of nitrogens with two attached hydrogens (primary N) is 1. The third-order valence-electron chi connectivity index (χ3n) is 3.57. The van der Waals surface area contributed by atoms with Crippen LogP contribution in [0, 0.1) is 24.1 Å². The van der Waals surface area contributed by atoms with Crippen molar-refractivity contribution in [2.24, 2.45) is 11.3 Å². The minimum atomic E-state index is -0.505. The Morgan fingerprint density at radius 1 is 1.42 bits per heavy atom. The molecule has 0 fully saturated rings. The minimum Gasteiger partial charge on any atom is -0.399 e. The number of nitrogens with one attached hydrogen (secondary N) is 1. The van der Waals surface area contributed by atoms with Crippen LogP contribution >= 0.6 is 0 Å². The van der Waals surface area contributed by atoms with Crippen LogP contribution in [0.25, 0.3) is 0 Å². The third kappa shape index (κ3) is 3.94. The Labute approximate surface area is 114 Å². The number of nitrogen functional groups attached to an aromatic ring is 1. The lowest BCUT2D eigenvalue weighted by molar-refractivity contribution is 0.0933. The first-order valence-electron chi connectivity index (χ1n) is 6.46. The van der Waals surface area contributed by atoms with Crippen molar-refractivity contribution in [3.8, 4) is 0 Å². The quantitative estimate of drug-likeness (QED) is 0.826. The van der Waals surface area contributed by atoms with E-state index in [4.69, 9.17) is 5.73 Å². The van der Waals surface area contributed by atoms with Gasteiger partial charge >= 0.3 is 0 Å². The van der Waals surface area contributed by atoms with Crippen molar-refractivity contribution in [1.82, 2.24) is 5.32 Å². The number of carbonyl (C=O) groups is 1. The molecule has 0 saturated heterocycles. The van der Waals surface area contributed by atoms with Gasteiger partial charge in [-0.1, -0.05) is 27.7 Å². The zero-order valence-corrected chi connectivity index (χ0v) is 12.3. The first kappa shape index (κ1) is 15.5. The molecule has 1 aromatic carbocycles. The van der Waals surface area contributed by atoms with Crippen molar-refractivity contribution in [3.05, 3.63) is 29.1 Å². The number of amides is 1. The number of hydrogen-bond acceptors (Lipinski definition) is 2. The van der Waals surface area contributed by atoms with Gasteiger partial charge in [-0.15, -0.1) is 0 Å². The zero-order valence-electron chi connectivity index (χ0n) is 12.3. The van der Waals surface area contributed by atoms with Gasteiger partial charge in [-0.25, -0.2) is 4.39 Å². The summed E-state index contributed by atoms with van der Waals surface area (Å²) in [6.45, 7) is 10.5. The first-order valence-corrected chi connectivity index (χ1v) is 6.46. The molecule has 0 spiro atoms. The van der Waals surface area contributed by atoms with Crippen LogP contribution in [-0.2, 0) is 0 Å². The van der Waals surface area contributed by atoms with Gasteiger partial charge in [-0.2, -0.15) is 0 Å². The first-order chi connectivity index (χ1) is 8.62. The molecular weight excluding hydrogens is 243 g/mol. The van der Waals surface area contributed by atoms with Crippen LogP contribution in [0.2, 0.25) is 0 Å². The van der Waals surface area contributed by atoms with E-state index in [2.05, 4.69) is 33.0 Å². The molecule has 0 aromatic heterocycles. The topological polar surface area (TPSA) is 55.1 Å². The summed E-state index contributed by atoms with van der Waals surface area (Å²) < 4.78 is 13.9. The highest BCUT2D eigenvalue weighted by Crippen LogP contribution is 2.24. The van der Waals surface area contributed by atoms with Crippen molar-refractivity contribution in [2.75, 3.05) is 12.3 Å². The SMILES string of the molecule is Cc1cc(N)cc(C(=O)NCC(C)C(C)(C)C)c1F. The van der Waals surface area contributed by atoms with Crippen molar-refractivity contribution >= 4 is 11.6 Å². The van der Waals surface area contributed by atoms with Gasteiger partial charge in [0.05, 0.1) is 5.56 Å². The molecule has 0 heterocycles. The van der Waals surface area contributed by atoms with Gasteiger partial charge in [0.15, 0.2) is 0 Å². The van der Waals surface area contributed by atoms with E-state index in [9.17, 15) is 9.18 Å². The van der Waals surface area contributed by atoms with E-state index in [-0.39, 0.29) is 11.0 Å². The molecule has 0 aliphatic rings. The molecular formula is C15H23FN2O. The Kier molecular flexibility index (Phi) is 4.56. The summed E-state index contributed by atoms with van der Waals surface area (Å²) in [5.74, 6) is -0.624. The van der Waals surface area contributed by atoms with Gasteiger partial charge in [0.1, 0.15) is 5.82 Å². The van der Waals surface area contributed by atoms with E-state index in [1.807, 2.05) is 0 Å². The number of anilines is 1. The Hall–Kier alpha value is -1.58. The van der Waals surface area contributed by atoms with Crippen molar-refractivity contribution in [2.45, 2.75) is 34.6 Å². The lowest BCUT2D eigenvalue weighted by Crippen LogP contribution is -2.34. The molecule has 3 N–H and O–H groups in total. The average Bonchev–Trinajstić information content (AvgIpc) is 2.28. The van der Waals surface area contributed by atoms with E-state index in [0.29, 0.717) is 23.7 Å². The van der Waals surface area contributed by atoms with Crippen LogP contribution in [0.3, 0.4) is 0 Å². The molecule has 1 amide bonds. The van der Waals surface area contributed by atoms with Gasteiger partial charge in [0.25, 0.3) is 5.91 Å². The summed E-state index contributed by atoms with van der Waals surface area (Å²) in [7, 11) is 0. The van der Waals surface area contributed by atoms with Gasteiger partial charge in [-0.05, 0) is 36.0 Å². The molecule has 1 aromatic rings. The normalized spacial score (nSPS) is 13.2. The number of benzene rings is 1. The number of aryl methyl sites for hydroxylation is 1. The fraction of sp³-hybridized carbons (Fsp3) is 0.533. The smallest absolute Gasteiger partial charge is 0.254 e.